The number of nitrogens with zero attached hydrogens (tertiary/aromatic N) is 4. The third-order valence-electron chi connectivity index (χ3n) is 1.74. The van der Waals surface area contributed by atoms with Crippen molar-refractivity contribution in [1.82, 2.24) is 20.2 Å². The van der Waals surface area contributed by atoms with E-state index in [1.54, 1.807) is 11.8 Å². The summed E-state index contributed by atoms with van der Waals surface area (Å²) in [6.07, 6.45) is 1.52. The summed E-state index contributed by atoms with van der Waals surface area (Å²) in [5.74, 6) is 0.723. The van der Waals surface area contributed by atoms with Crippen LogP contribution in [0.3, 0.4) is 0 Å². The molecule has 1 aromatic carbocycles. The third-order valence-corrected chi connectivity index (χ3v) is 2.23. The van der Waals surface area contributed by atoms with Gasteiger partial charge in [-0.25, -0.2) is 0 Å². The maximum absolute atomic E-state index is 5.19. The largest absolute Gasteiger partial charge is 0.494 e. The SMILES string of the molecule is COc1ccc(Br)cc1-n1cnnn1. The first-order chi connectivity index (χ1) is 6.81. The second-order valence-corrected chi connectivity index (χ2v) is 3.49. The Bertz CT molecular complexity index is 429. The molecule has 0 atom stereocenters. The number of aromatic nitrogens is 4. The van der Waals surface area contributed by atoms with Gasteiger partial charge < -0.3 is 4.74 Å². The van der Waals surface area contributed by atoms with Crippen molar-refractivity contribution in [2.45, 2.75) is 0 Å². The Morgan fingerprint density at radius 3 is 2.93 bits per heavy atom. The third kappa shape index (κ3) is 1.60. The first kappa shape index (κ1) is 9.14. The maximum atomic E-state index is 5.19. The summed E-state index contributed by atoms with van der Waals surface area (Å²) in [4.78, 5) is 0. The summed E-state index contributed by atoms with van der Waals surface area (Å²) in [5, 5.41) is 10.9. The summed E-state index contributed by atoms with van der Waals surface area (Å²) < 4.78 is 7.68. The molecule has 14 heavy (non-hydrogen) atoms. The lowest BCUT2D eigenvalue weighted by Crippen LogP contribution is -1.98. The summed E-state index contributed by atoms with van der Waals surface area (Å²) in [6, 6.07) is 5.63. The molecule has 0 N–H and O–H groups in total. The number of benzene rings is 1. The summed E-state index contributed by atoms with van der Waals surface area (Å²) >= 11 is 3.37. The van der Waals surface area contributed by atoms with E-state index in [0.29, 0.717) is 0 Å². The van der Waals surface area contributed by atoms with Gasteiger partial charge in [0.1, 0.15) is 17.8 Å². The zero-order valence-electron chi connectivity index (χ0n) is 7.38. The van der Waals surface area contributed by atoms with Crippen LogP contribution < -0.4 is 4.74 Å². The first-order valence-corrected chi connectivity index (χ1v) is 4.67. The zero-order chi connectivity index (χ0) is 9.97. The van der Waals surface area contributed by atoms with Crippen molar-refractivity contribution in [1.29, 1.82) is 0 Å². The molecule has 1 heterocycles. The normalized spacial score (nSPS) is 10.1. The van der Waals surface area contributed by atoms with Gasteiger partial charge in [0, 0.05) is 4.47 Å². The van der Waals surface area contributed by atoms with E-state index in [-0.39, 0.29) is 0 Å². The van der Waals surface area contributed by atoms with Crippen molar-refractivity contribution in [3.05, 3.63) is 29.0 Å². The van der Waals surface area contributed by atoms with Crippen LogP contribution in [0.15, 0.2) is 29.0 Å². The van der Waals surface area contributed by atoms with Crippen molar-refractivity contribution in [2.24, 2.45) is 0 Å². The molecule has 6 heteroatoms. The molecule has 72 valence electrons. The van der Waals surface area contributed by atoms with E-state index in [1.165, 1.54) is 6.33 Å². The molecule has 0 radical (unpaired) electrons. The lowest BCUT2D eigenvalue weighted by Gasteiger charge is -2.06. The van der Waals surface area contributed by atoms with Gasteiger partial charge in [0.05, 0.1) is 7.11 Å². The van der Waals surface area contributed by atoms with Crippen LogP contribution in [0.1, 0.15) is 0 Å². The fraction of sp³-hybridized carbons (Fsp3) is 0.125. The van der Waals surface area contributed by atoms with E-state index < -0.39 is 0 Å². The van der Waals surface area contributed by atoms with Gasteiger partial charge in [0.15, 0.2) is 0 Å². The molecular weight excluding hydrogens is 248 g/mol. The monoisotopic (exact) mass is 254 g/mol. The smallest absolute Gasteiger partial charge is 0.144 e. The number of hydrogen-bond acceptors (Lipinski definition) is 4. The molecule has 0 fully saturated rings. The van der Waals surface area contributed by atoms with Gasteiger partial charge in [-0.05, 0) is 28.6 Å². The van der Waals surface area contributed by atoms with Gasteiger partial charge in [-0.15, -0.1) is 5.10 Å². The lowest BCUT2D eigenvalue weighted by molar-refractivity contribution is 0.411. The zero-order valence-corrected chi connectivity index (χ0v) is 8.97. The van der Waals surface area contributed by atoms with E-state index in [4.69, 9.17) is 4.74 Å². The van der Waals surface area contributed by atoms with Crippen molar-refractivity contribution in [3.8, 4) is 11.4 Å². The van der Waals surface area contributed by atoms with Gasteiger partial charge in [0.2, 0.25) is 0 Å². The molecule has 2 rings (SSSR count). The number of methoxy groups -OCH3 is 1. The standard InChI is InChI=1S/C8H7BrN4O/c1-14-8-3-2-6(9)4-7(8)13-5-10-11-12-13/h2-5H,1H3. The summed E-state index contributed by atoms with van der Waals surface area (Å²) in [6.45, 7) is 0. The Balaban J connectivity index is 2.55. The molecule has 0 aliphatic carbocycles. The summed E-state index contributed by atoms with van der Waals surface area (Å²) in [7, 11) is 1.61. The van der Waals surface area contributed by atoms with Gasteiger partial charge in [0.25, 0.3) is 0 Å². The molecule has 0 spiro atoms. The number of tetrazole rings is 1. The number of halogens is 1. The molecule has 0 aliphatic heterocycles. The van der Waals surface area contributed by atoms with E-state index >= 15 is 0 Å². The quantitative estimate of drug-likeness (QED) is 0.814. The molecular formula is C8H7BrN4O. The van der Waals surface area contributed by atoms with E-state index in [9.17, 15) is 0 Å². The second kappa shape index (κ2) is 3.75. The molecule has 0 amide bonds. The molecule has 5 nitrogen and oxygen atoms in total. The average molecular weight is 255 g/mol. The van der Waals surface area contributed by atoms with Crippen molar-refractivity contribution < 1.29 is 4.74 Å². The highest BCUT2D eigenvalue weighted by Crippen LogP contribution is 2.25. The van der Waals surface area contributed by atoms with E-state index in [1.807, 2.05) is 18.2 Å². The average Bonchev–Trinajstić information content (AvgIpc) is 2.70. The van der Waals surface area contributed by atoms with Crippen LogP contribution in [-0.4, -0.2) is 27.3 Å². The Kier molecular flexibility index (Phi) is 2.45. The fourth-order valence-corrected chi connectivity index (χ4v) is 1.46. The predicted octanol–water partition coefficient (Wildman–Crippen LogP) is 1.43. The van der Waals surface area contributed by atoms with Crippen LogP contribution in [0.25, 0.3) is 5.69 Å². The van der Waals surface area contributed by atoms with Crippen LogP contribution in [-0.2, 0) is 0 Å². The minimum absolute atomic E-state index is 0.723. The molecule has 0 saturated carbocycles. The molecule has 0 saturated heterocycles. The molecule has 1 aromatic heterocycles. The minimum Gasteiger partial charge on any atom is -0.494 e. The summed E-state index contributed by atoms with van der Waals surface area (Å²) in [5.41, 5.74) is 0.798. The lowest BCUT2D eigenvalue weighted by atomic mass is 10.3. The van der Waals surface area contributed by atoms with Crippen molar-refractivity contribution in [3.63, 3.8) is 0 Å². The molecule has 0 unspecified atom stereocenters. The number of hydrogen-bond donors (Lipinski definition) is 0. The number of rotatable bonds is 2. The van der Waals surface area contributed by atoms with Crippen molar-refractivity contribution in [2.75, 3.05) is 7.11 Å². The van der Waals surface area contributed by atoms with Crippen molar-refractivity contribution >= 4 is 15.9 Å². The molecule has 0 bridgehead atoms. The highest BCUT2D eigenvalue weighted by Gasteiger charge is 2.06. The highest BCUT2D eigenvalue weighted by molar-refractivity contribution is 9.10. The fourth-order valence-electron chi connectivity index (χ4n) is 1.11. The second-order valence-electron chi connectivity index (χ2n) is 2.57. The van der Waals surface area contributed by atoms with Gasteiger partial charge in [-0.3, -0.25) is 0 Å². The predicted molar refractivity (Wildman–Crippen MR) is 53.4 cm³/mol. The van der Waals surface area contributed by atoms with Crippen LogP contribution in [0.2, 0.25) is 0 Å². The first-order valence-electron chi connectivity index (χ1n) is 3.88. The van der Waals surface area contributed by atoms with E-state index in [0.717, 1.165) is 15.9 Å². The Labute approximate surface area is 88.8 Å². The minimum atomic E-state index is 0.723. The number of ether oxygens (including phenoxy) is 1. The van der Waals surface area contributed by atoms with E-state index in [2.05, 4.69) is 31.5 Å². The Morgan fingerprint density at radius 2 is 2.29 bits per heavy atom. The maximum Gasteiger partial charge on any atom is 0.144 e. The molecule has 2 aromatic rings. The van der Waals surface area contributed by atoms with Crippen LogP contribution >= 0.6 is 15.9 Å². The highest BCUT2D eigenvalue weighted by atomic mass is 79.9. The van der Waals surface area contributed by atoms with Crippen LogP contribution in [0, 0.1) is 0 Å². The molecule has 0 aliphatic rings. The van der Waals surface area contributed by atoms with Crippen LogP contribution in [0.4, 0.5) is 0 Å². The Morgan fingerprint density at radius 1 is 1.43 bits per heavy atom. The topological polar surface area (TPSA) is 52.8 Å². The van der Waals surface area contributed by atoms with Gasteiger partial charge in [-0.1, -0.05) is 15.9 Å². The van der Waals surface area contributed by atoms with Crippen LogP contribution in [0.5, 0.6) is 5.75 Å². The van der Waals surface area contributed by atoms with Gasteiger partial charge >= 0.3 is 0 Å². The Hall–Kier alpha value is -1.43. The van der Waals surface area contributed by atoms with Gasteiger partial charge in [-0.2, -0.15) is 4.68 Å².